The number of halogens is 2. The largest absolute Gasteiger partial charge is 0.449 e. The van der Waals surface area contributed by atoms with Gasteiger partial charge in [0.25, 0.3) is 5.91 Å². The number of aromatic amines is 1. The summed E-state index contributed by atoms with van der Waals surface area (Å²) < 4.78 is 11.2. The fraction of sp³-hybridized carbons (Fsp3) is 0.214. The van der Waals surface area contributed by atoms with Crippen LogP contribution in [0.3, 0.4) is 0 Å². The first kappa shape index (κ1) is 14.1. The predicted molar refractivity (Wildman–Crippen MR) is 80.5 cm³/mol. The molecule has 0 spiro atoms. The molecule has 0 saturated carbocycles. The molecule has 2 aromatic rings. The van der Waals surface area contributed by atoms with Crippen molar-refractivity contribution < 1.29 is 14.3 Å². The number of rotatable bonds is 2. The fourth-order valence-electron chi connectivity index (χ4n) is 2.03. The van der Waals surface area contributed by atoms with E-state index < -0.39 is 5.79 Å². The van der Waals surface area contributed by atoms with Gasteiger partial charge in [-0.2, -0.15) is 0 Å². The van der Waals surface area contributed by atoms with Crippen LogP contribution >= 0.6 is 23.2 Å². The van der Waals surface area contributed by atoms with Gasteiger partial charge >= 0.3 is 0 Å². The van der Waals surface area contributed by atoms with Gasteiger partial charge < -0.3 is 19.8 Å². The molecule has 0 bridgehead atoms. The molecular weight excluding hydrogens is 315 g/mol. The standard InChI is InChI=1S/C14H12Cl2N2O3/c1-14(2)20-10-4-3-7(5-11(10)21-14)17-13(19)9-6-8(15)12(16)18-9/h3-6,18H,1-2H3,(H,17,19). The summed E-state index contributed by atoms with van der Waals surface area (Å²) in [5.41, 5.74) is 0.866. The number of amides is 1. The van der Waals surface area contributed by atoms with Gasteiger partial charge in [-0.05, 0) is 18.2 Å². The van der Waals surface area contributed by atoms with Crippen LogP contribution in [0.4, 0.5) is 5.69 Å². The zero-order valence-corrected chi connectivity index (χ0v) is 12.8. The Hall–Kier alpha value is -1.85. The quantitative estimate of drug-likeness (QED) is 0.873. The van der Waals surface area contributed by atoms with E-state index in [-0.39, 0.29) is 16.8 Å². The first-order chi connectivity index (χ1) is 9.84. The summed E-state index contributed by atoms with van der Waals surface area (Å²) in [6, 6.07) is 6.64. The Morgan fingerprint density at radius 3 is 2.57 bits per heavy atom. The van der Waals surface area contributed by atoms with Crippen molar-refractivity contribution in [1.82, 2.24) is 4.98 Å². The maximum absolute atomic E-state index is 12.1. The van der Waals surface area contributed by atoms with Crippen LogP contribution in [0.2, 0.25) is 10.2 Å². The molecule has 1 aliphatic rings. The number of H-pyrrole nitrogens is 1. The van der Waals surface area contributed by atoms with Gasteiger partial charge in [0, 0.05) is 25.6 Å². The van der Waals surface area contributed by atoms with E-state index in [1.807, 2.05) is 13.8 Å². The number of fused-ring (bicyclic) bond motifs is 1. The maximum Gasteiger partial charge on any atom is 0.272 e. The third-order valence-electron chi connectivity index (χ3n) is 2.88. The molecule has 7 heteroatoms. The Morgan fingerprint density at radius 2 is 1.90 bits per heavy atom. The van der Waals surface area contributed by atoms with Gasteiger partial charge in [-0.25, -0.2) is 0 Å². The Morgan fingerprint density at radius 1 is 1.19 bits per heavy atom. The number of aromatic nitrogens is 1. The molecule has 21 heavy (non-hydrogen) atoms. The van der Waals surface area contributed by atoms with Crippen LogP contribution < -0.4 is 14.8 Å². The van der Waals surface area contributed by atoms with Gasteiger partial charge in [-0.15, -0.1) is 0 Å². The third-order valence-corrected chi connectivity index (χ3v) is 3.58. The van der Waals surface area contributed by atoms with Crippen LogP contribution in [0.5, 0.6) is 11.5 Å². The highest BCUT2D eigenvalue weighted by Gasteiger charge is 2.31. The second kappa shape index (κ2) is 4.86. The van der Waals surface area contributed by atoms with E-state index in [0.29, 0.717) is 22.2 Å². The Kier molecular flexibility index (Phi) is 3.26. The van der Waals surface area contributed by atoms with Gasteiger partial charge in [0.2, 0.25) is 5.79 Å². The molecule has 1 aromatic heterocycles. The lowest BCUT2D eigenvalue weighted by Crippen LogP contribution is -2.29. The number of benzene rings is 1. The summed E-state index contributed by atoms with van der Waals surface area (Å²) in [4.78, 5) is 14.8. The highest BCUT2D eigenvalue weighted by molar-refractivity contribution is 6.41. The number of carbonyl (C=O) groups is 1. The SMILES string of the molecule is CC1(C)Oc2ccc(NC(=O)c3cc(Cl)c(Cl)[nH]3)cc2O1. The average molecular weight is 327 g/mol. The van der Waals surface area contributed by atoms with Crippen molar-refractivity contribution >= 4 is 34.8 Å². The molecule has 110 valence electrons. The summed E-state index contributed by atoms with van der Waals surface area (Å²) in [6.45, 7) is 3.63. The van der Waals surface area contributed by atoms with Gasteiger partial charge in [-0.3, -0.25) is 4.79 Å². The second-order valence-corrected chi connectivity index (χ2v) is 5.85. The first-order valence-corrected chi connectivity index (χ1v) is 6.97. The average Bonchev–Trinajstić information content (AvgIpc) is 2.87. The van der Waals surface area contributed by atoms with Crippen LogP contribution in [-0.4, -0.2) is 16.7 Å². The molecule has 3 rings (SSSR count). The number of anilines is 1. The van der Waals surface area contributed by atoms with Crippen LogP contribution in [0.15, 0.2) is 24.3 Å². The van der Waals surface area contributed by atoms with E-state index in [4.69, 9.17) is 32.7 Å². The monoisotopic (exact) mass is 326 g/mol. The predicted octanol–water partition coefficient (Wildman–Crippen LogP) is 4.08. The number of ether oxygens (including phenoxy) is 2. The van der Waals surface area contributed by atoms with Crippen molar-refractivity contribution in [2.45, 2.75) is 19.6 Å². The molecule has 2 N–H and O–H groups in total. The molecule has 5 nitrogen and oxygen atoms in total. The number of hydrogen-bond donors (Lipinski definition) is 2. The molecule has 0 radical (unpaired) electrons. The van der Waals surface area contributed by atoms with Crippen molar-refractivity contribution in [2.24, 2.45) is 0 Å². The zero-order valence-electron chi connectivity index (χ0n) is 11.3. The minimum atomic E-state index is -0.703. The van der Waals surface area contributed by atoms with Crippen LogP contribution in [0.25, 0.3) is 0 Å². The van der Waals surface area contributed by atoms with Crippen molar-refractivity contribution in [2.75, 3.05) is 5.32 Å². The molecule has 0 unspecified atom stereocenters. The zero-order chi connectivity index (χ0) is 15.2. The van der Waals surface area contributed by atoms with Crippen molar-refractivity contribution in [3.05, 3.63) is 40.1 Å². The smallest absolute Gasteiger partial charge is 0.272 e. The number of carbonyl (C=O) groups excluding carboxylic acids is 1. The number of nitrogens with one attached hydrogen (secondary N) is 2. The Labute approximate surface area is 131 Å². The van der Waals surface area contributed by atoms with Crippen molar-refractivity contribution in [1.29, 1.82) is 0 Å². The van der Waals surface area contributed by atoms with E-state index in [2.05, 4.69) is 10.3 Å². The van der Waals surface area contributed by atoms with Crippen molar-refractivity contribution in [3.63, 3.8) is 0 Å². The van der Waals surface area contributed by atoms with E-state index in [0.717, 1.165) is 0 Å². The molecule has 0 fully saturated rings. The van der Waals surface area contributed by atoms with Crippen molar-refractivity contribution in [3.8, 4) is 11.5 Å². The molecule has 0 saturated heterocycles. The maximum atomic E-state index is 12.1. The molecule has 1 aliphatic heterocycles. The Balaban J connectivity index is 1.79. The third kappa shape index (κ3) is 2.80. The van der Waals surface area contributed by atoms with Gasteiger partial charge in [0.1, 0.15) is 10.8 Å². The summed E-state index contributed by atoms with van der Waals surface area (Å²) in [5, 5.41) is 3.26. The lowest BCUT2D eigenvalue weighted by atomic mass is 10.2. The normalized spacial score (nSPS) is 15.0. The van der Waals surface area contributed by atoms with Crippen LogP contribution in [0, 0.1) is 0 Å². The van der Waals surface area contributed by atoms with E-state index in [1.165, 1.54) is 6.07 Å². The van der Waals surface area contributed by atoms with Crippen LogP contribution in [-0.2, 0) is 0 Å². The molecule has 1 aromatic carbocycles. The topological polar surface area (TPSA) is 63.3 Å². The summed E-state index contributed by atoms with van der Waals surface area (Å²) in [5.74, 6) is 0.178. The lowest BCUT2D eigenvalue weighted by Gasteiger charge is -2.16. The molecular formula is C14H12Cl2N2O3. The van der Waals surface area contributed by atoms with Gasteiger partial charge in [-0.1, -0.05) is 23.2 Å². The Bertz CT molecular complexity index is 706. The summed E-state index contributed by atoms with van der Waals surface area (Å²) in [7, 11) is 0. The summed E-state index contributed by atoms with van der Waals surface area (Å²) >= 11 is 11.6. The highest BCUT2D eigenvalue weighted by atomic mass is 35.5. The number of hydrogen-bond acceptors (Lipinski definition) is 3. The first-order valence-electron chi connectivity index (χ1n) is 6.21. The fourth-order valence-corrected chi connectivity index (χ4v) is 2.34. The minimum absolute atomic E-state index is 0.231. The lowest BCUT2D eigenvalue weighted by molar-refractivity contribution is -0.0431. The van der Waals surface area contributed by atoms with E-state index in [1.54, 1.807) is 18.2 Å². The molecule has 0 atom stereocenters. The van der Waals surface area contributed by atoms with E-state index in [9.17, 15) is 4.79 Å². The molecule has 1 amide bonds. The molecule has 0 aliphatic carbocycles. The van der Waals surface area contributed by atoms with Gasteiger partial charge in [0.05, 0.1) is 5.02 Å². The molecule has 2 heterocycles. The summed E-state index contributed by atoms with van der Waals surface area (Å²) in [6.07, 6.45) is 0. The minimum Gasteiger partial charge on any atom is -0.449 e. The van der Waals surface area contributed by atoms with Crippen LogP contribution in [0.1, 0.15) is 24.3 Å². The van der Waals surface area contributed by atoms with Gasteiger partial charge in [0.15, 0.2) is 11.5 Å². The highest BCUT2D eigenvalue weighted by Crippen LogP contribution is 2.40. The van der Waals surface area contributed by atoms with E-state index >= 15 is 0 Å². The second-order valence-electron chi connectivity index (χ2n) is 5.06.